The first kappa shape index (κ1) is 17.5. The molecule has 0 aliphatic rings. The van der Waals surface area contributed by atoms with Crippen molar-refractivity contribution in [2.45, 2.75) is 31.7 Å². The first-order chi connectivity index (χ1) is 9.66. The summed E-state index contributed by atoms with van der Waals surface area (Å²) < 4.78 is 41.6. The summed E-state index contributed by atoms with van der Waals surface area (Å²) in [6.45, 7) is 5.78. The maximum absolute atomic E-state index is 13.8. The number of carbonyl (C=O) groups excluding carboxylic acids is 1. The first-order valence-electron chi connectivity index (χ1n) is 6.38. The Morgan fingerprint density at radius 3 is 2.62 bits per heavy atom. The quantitative estimate of drug-likeness (QED) is 0.815. The van der Waals surface area contributed by atoms with Gasteiger partial charge >= 0.3 is 0 Å². The summed E-state index contributed by atoms with van der Waals surface area (Å²) in [5.74, 6) is -1.47. The highest BCUT2D eigenvalue weighted by Gasteiger charge is 2.20. The Kier molecular flexibility index (Phi) is 5.82. The fourth-order valence-electron chi connectivity index (χ4n) is 1.72. The highest BCUT2D eigenvalue weighted by atomic mass is 32.2. The van der Waals surface area contributed by atoms with Gasteiger partial charge in [-0.05, 0) is 38.5 Å². The van der Waals surface area contributed by atoms with Crippen LogP contribution in [0.5, 0.6) is 0 Å². The van der Waals surface area contributed by atoms with Gasteiger partial charge in [-0.25, -0.2) is 17.9 Å². The molecule has 21 heavy (non-hydrogen) atoms. The Morgan fingerprint density at radius 2 is 2.10 bits per heavy atom. The molecule has 3 N–H and O–H groups in total. The number of nitrogens with one attached hydrogen (secondary N) is 1. The van der Waals surface area contributed by atoms with Crippen LogP contribution in [-0.2, 0) is 14.8 Å². The summed E-state index contributed by atoms with van der Waals surface area (Å²) in [5.41, 5.74) is 0.0606. The standard InChI is InChI=1S/C13H19FN2O4S/c1-4-20-7-9(3)16-13(17)10-5-8(2)12(14)11(6-10)21(15,18)19/h5-6,9H,4,7H2,1-3H3,(H,16,17)(H2,15,18,19). The highest BCUT2D eigenvalue weighted by molar-refractivity contribution is 7.89. The lowest BCUT2D eigenvalue weighted by Gasteiger charge is -2.14. The van der Waals surface area contributed by atoms with E-state index in [2.05, 4.69) is 5.32 Å². The lowest BCUT2D eigenvalue weighted by molar-refractivity contribution is 0.0871. The topological polar surface area (TPSA) is 98.5 Å². The molecule has 0 saturated heterocycles. The predicted octanol–water partition coefficient (Wildman–Crippen LogP) is 0.936. The molecular formula is C13H19FN2O4S. The normalized spacial score (nSPS) is 13.0. The number of hydrogen-bond acceptors (Lipinski definition) is 4. The number of sulfonamides is 1. The van der Waals surface area contributed by atoms with Crippen LogP contribution in [0.4, 0.5) is 4.39 Å². The van der Waals surface area contributed by atoms with Gasteiger partial charge in [-0.15, -0.1) is 0 Å². The van der Waals surface area contributed by atoms with Gasteiger partial charge in [-0.1, -0.05) is 0 Å². The van der Waals surface area contributed by atoms with Crippen molar-refractivity contribution in [3.63, 3.8) is 0 Å². The molecule has 8 heteroatoms. The fraction of sp³-hybridized carbons (Fsp3) is 0.462. The molecule has 0 spiro atoms. The van der Waals surface area contributed by atoms with Crippen molar-refractivity contribution >= 4 is 15.9 Å². The lowest BCUT2D eigenvalue weighted by Crippen LogP contribution is -2.36. The van der Waals surface area contributed by atoms with Crippen LogP contribution in [0.3, 0.4) is 0 Å². The van der Waals surface area contributed by atoms with E-state index in [0.29, 0.717) is 13.2 Å². The van der Waals surface area contributed by atoms with E-state index in [1.807, 2.05) is 6.92 Å². The molecule has 1 atom stereocenters. The predicted molar refractivity (Wildman–Crippen MR) is 75.9 cm³/mol. The number of amides is 1. The number of carbonyl (C=O) groups is 1. The molecule has 0 aliphatic heterocycles. The van der Waals surface area contributed by atoms with Crippen molar-refractivity contribution in [1.82, 2.24) is 5.32 Å². The average molecular weight is 318 g/mol. The van der Waals surface area contributed by atoms with Crippen molar-refractivity contribution in [3.05, 3.63) is 29.1 Å². The largest absolute Gasteiger partial charge is 0.380 e. The van der Waals surface area contributed by atoms with Crippen molar-refractivity contribution in [2.75, 3.05) is 13.2 Å². The van der Waals surface area contributed by atoms with Gasteiger partial charge in [-0.2, -0.15) is 0 Å². The number of rotatable bonds is 6. The smallest absolute Gasteiger partial charge is 0.251 e. The molecule has 118 valence electrons. The van der Waals surface area contributed by atoms with Gasteiger partial charge in [0.15, 0.2) is 0 Å². The summed E-state index contributed by atoms with van der Waals surface area (Å²) in [7, 11) is -4.23. The van der Waals surface area contributed by atoms with E-state index in [0.717, 1.165) is 6.07 Å². The summed E-state index contributed by atoms with van der Waals surface area (Å²) in [6, 6.07) is 1.94. The minimum atomic E-state index is -4.23. The van der Waals surface area contributed by atoms with Crippen molar-refractivity contribution in [2.24, 2.45) is 5.14 Å². The molecule has 1 aromatic rings. The Bertz CT molecular complexity index is 631. The van der Waals surface area contributed by atoms with Gasteiger partial charge in [-0.3, -0.25) is 4.79 Å². The van der Waals surface area contributed by atoms with Crippen LogP contribution < -0.4 is 10.5 Å². The molecular weight excluding hydrogens is 299 g/mol. The third-order valence-electron chi connectivity index (χ3n) is 2.74. The zero-order valence-electron chi connectivity index (χ0n) is 12.1. The average Bonchev–Trinajstić information content (AvgIpc) is 2.37. The van der Waals surface area contributed by atoms with Crippen LogP contribution in [0.15, 0.2) is 17.0 Å². The van der Waals surface area contributed by atoms with Crippen LogP contribution in [0.25, 0.3) is 0 Å². The van der Waals surface area contributed by atoms with Gasteiger partial charge in [0.2, 0.25) is 10.0 Å². The number of nitrogens with two attached hydrogens (primary N) is 1. The summed E-state index contributed by atoms with van der Waals surface area (Å²) in [6.07, 6.45) is 0. The van der Waals surface area contributed by atoms with E-state index in [1.54, 1.807) is 6.92 Å². The van der Waals surface area contributed by atoms with E-state index in [1.165, 1.54) is 13.0 Å². The molecule has 1 rings (SSSR count). The molecule has 0 bridgehead atoms. The van der Waals surface area contributed by atoms with E-state index in [9.17, 15) is 17.6 Å². The summed E-state index contributed by atoms with van der Waals surface area (Å²) in [4.78, 5) is 11.3. The molecule has 1 unspecified atom stereocenters. The number of primary sulfonamides is 1. The van der Waals surface area contributed by atoms with Gasteiger partial charge in [0.1, 0.15) is 10.7 Å². The maximum Gasteiger partial charge on any atom is 0.251 e. The lowest BCUT2D eigenvalue weighted by atomic mass is 10.1. The van der Waals surface area contributed by atoms with Gasteiger partial charge < -0.3 is 10.1 Å². The number of aryl methyl sites for hydroxylation is 1. The van der Waals surface area contributed by atoms with Gasteiger partial charge in [0.25, 0.3) is 5.91 Å². The second-order valence-electron chi connectivity index (χ2n) is 4.68. The summed E-state index contributed by atoms with van der Waals surface area (Å²) >= 11 is 0. The third kappa shape index (κ3) is 4.76. The SMILES string of the molecule is CCOCC(C)NC(=O)c1cc(C)c(F)c(S(N)(=O)=O)c1. The highest BCUT2D eigenvalue weighted by Crippen LogP contribution is 2.19. The zero-order valence-corrected chi connectivity index (χ0v) is 13.0. The number of benzene rings is 1. The number of halogens is 1. The first-order valence-corrected chi connectivity index (χ1v) is 7.93. The third-order valence-corrected chi connectivity index (χ3v) is 3.65. The molecule has 1 aromatic carbocycles. The van der Waals surface area contributed by atoms with Crippen LogP contribution in [-0.4, -0.2) is 33.6 Å². The van der Waals surface area contributed by atoms with E-state index in [4.69, 9.17) is 9.88 Å². The van der Waals surface area contributed by atoms with Crippen molar-refractivity contribution in [1.29, 1.82) is 0 Å². The van der Waals surface area contributed by atoms with Crippen molar-refractivity contribution < 1.29 is 22.3 Å². The molecule has 1 amide bonds. The fourth-order valence-corrected chi connectivity index (χ4v) is 2.42. The molecule has 0 fully saturated rings. The Hall–Kier alpha value is -1.51. The Balaban J connectivity index is 3.04. The van der Waals surface area contributed by atoms with E-state index in [-0.39, 0.29) is 17.2 Å². The van der Waals surface area contributed by atoms with Crippen LogP contribution >= 0.6 is 0 Å². The molecule has 0 aliphatic carbocycles. The minimum absolute atomic E-state index is 0.0290. The van der Waals surface area contributed by atoms with E-state index < -0.39 is 26.6 Å². The van der Waals surface area contributed by atoms with Crippen LogP contribution in [0, 0.1) is 12.7 Å². The molecule has 6 nitrogen and oxygen atoms in total. The molecule has 0 radical (unpaired) electrons. The second-order valence-corrected chi connectivity index (χ2v) is 6.21. The Morgan fingerprint density at radius 1 is 1.48 bits per heavy atom. The minimum Gasteiger partial charge on any atom is -0.380 e. The number of ether oxygens (including phenoxy) is 1. The molecule has 0 heterocycles. The Labute approximate surface area is 123 Å². The monoisotopic (exact) mass is 318 g/mol. The zero-order chi connectivity index (χ0) is 16.2. The second kappa shape index (κ2) is 6.97. The maximum atomic E-state index is 13.8. The summed E-state index contributed by atoms with van der Waals surface area (Å²) in [5, 5.41) is 7.58. The van der Waals surface area contributed by atoms with E-state index >= 15 is 0 Å². The van der Waals surface area contributed by atoms with Crippen LogP contribution in [0.2, 0.25) is 0 Å². The van der Waals surface area contributed by atoms with Crippen LogP contribution in [0.1, 0.15) is 29.8 Å². The number of hydrogen-bond donors (Lipinski definition) is 2. The van der Waals surface area contributed by atoms with Crippen molar-refractivity contribution in [3.8, 4) is 0 Å². The van der Waals surface area contributed by atoms with Gasteiger partial charge in [0.05, 0.1) is 6.61 Å². The van der Waals surface area contributed by atoms with Gasteiger partial charge in [0, 0.05) is 18.2 Å². The molecule has 0 saturated carbocycles. The molecule has 0 aromatic heterocycles.